The molecule has 3 aromatic rings. The maximum Gasteiger partial charge on any atom is 0.270 e. The summed E-state index contributed by atoms with van der Waals surface area (Å²) in [5.74, 6) is 1.82. The van der Waals surface area contributed by atoms with Crippen molar-refractivity contribution in [3.8, 4) is 17.2 Å². The molecule has 0 atom stereocenters. The van der Waals surface area contributed by atoms with E-state index in [0.717, 1.165) is 15.7 Å². The second kappa shape index (κ2) is 10.9. The van der Waals surface area contributed by atoms with E-state index in [9.17, 15) is 4.79 Å². The first-order chi connectivity index (χ1) is 16.1. The number of amides is 1. The number of rotatable bonds is 8. The summed E-state index contributed by atoms with van der Waals surface area (Å²) >= 11 is 10.2. The van der Waals surface area contributed by atoms with Crippen LogP contribution in [-0.2, 0) is 4.79 Å². The number of halogens is 1. The standard InChI is InChI=1S/C25H20BrNO4S2/c1-29-21-9-5-6-10-22(21)31-14-13-30-20-12-11-18(26)15-17(20)16-23-24(28)27(25(32)33-23)19-7-3-2-4-8-19/h2-12,15-16H,13-14H2,1H3/b23-16-. The van der Waals surface area contributed by atoms with E-state index in [0.29, 0.717) is 39.7 Å². The molecular formula is C25H20BrNO4S2. The van der Waals surface area contributed by atoms with E-state index >= 15 is 0 Å². The molecule has 0 unspecified atom stereocenters. The van der Waals surface area contributed by atoms with Gasteiger partial charge >= 0.3 is 0 Å². The molecular weight excluding hydrogens is 522 g/mol. The van der Waals surface area contributed by atoms with Crippen LogP contribution in [0.2, 0.25) is 0 Å². The number of hydrogen-bond donors (Lipinski definition) is 0. The molecule has 0 aromatic heterocycles. The molecule has 0 radical (unpaired) electrons. The molecule has 0 saturated carbocycles. The molecule has 0 bridgehead atoms. The summed E-state index contributed by atoms with van der Waals surface area (Å²) in [6.45, 7) is 0.664. The molecule has 4 rings (SSSR count). The van der Waals surface area contributed by atoms with E-state index in [-0.39, 0.29) is 5.91 Å². The average molecular weight is 542 g/mol. The maximum absolute atomic E-state index is 13.1. The van der Waals surface area contributed by atoms with Gasteiger partial charge in [-0.1, -0.05) is 70.2 Å². The van der Waals surface area contributed by atoms with Crippen molar-refractivity contribution in [1.29, 1.82) is 0 Å². The van der Waals surface area contributed by atoms with Crippen LogP contribution in [0.3, 0.4) is 0 Å². The Labute approximate surface area is 210 Å². The second-order valence-electron chi connectivity index (χ2n) is 6.88. The number of benzene rings is 3. The Bertz CT molecular complexity index is 1200. The predicted molar refractivity (Wildman–Crippen MR) is 140 cm³/mol. The van der Waals surface area contributed by atoms with Crippen molar-refractivity contribution < 1.29 is 19.0 Å². The number of ether oxygens (including phenoxy) is 3. The lowest BCUT2D eigenvalue weighted by molar-refractivity contribution is -0.113. The van der Waals surface area contributed by atoms with E-state index in [1.54, 1.807) is 12.0 Å². The van der Waals surface area contributed by atoms with Gasteiger partial charge in [-0.05, 0) is 48.5 Å². The first kappa shape index (κ1) is 23.4. The number of para-hydroxylation sites is 3. The predicted octanol–water partition coefficient (Wildman–Crippen LogP) is 6.32. The largest absolute Gasteiger partial charge is 0.493 e. The molecule has 3 aromatic carbocycles. The van der Waals surface area contributed by atoms with Crippen LogP contribution in [0, 0.1) is 0 Å². The smallest absolute Gasteiger partial charge is 0.270 e. The Morgan fingerprint density at radius 3 is 2.33 bits per heavy atom. The minimum atomic E-state index is -0.151. The third kappa shape index (κ3) is 5.58. The van der Waals surface area contributed by atoms with Gasteiger partial charge in [-0.15, -0.1) is 0 Å². The first-order valence-corrected chi connectivity index (χ1v) is 12.1. The zero-order chi connectivity index (χ0) is 23.2. The molecule has 5 nitrogen and oxygen atoms in total. The molecule has 1 aliphatic heterocycles. The molecule has 0 aliphatic carbocycles. The number of carbonyl (C=O) groups is 1. The molecule has 1 saturated heterocycles. The fraction of sp³-hybridized carbons (Fsp3) is 0.120. The van der Waals surface area contributed by atoms with Gasteiger partial charge in [-0.25, -0.2) is 0 Å². The van der Waals surface area contributed by atoms with E-state index in [4.69, 9.17) is 26.4 Å². The summed E-state index contributed by atoms with van der Waals surface area (Å²) in [6.07, 6.45) is 1.81. The van der Waals surface area contributed by atoms with Gasteiger partial charge in [0.05, 0.1) is 17.7 Å². The van der Waals surface area contributed by atoms with Crippen molar-refractivity contribution in [3.05, 3.63) is 87.7 Å². The van der Waals surface area contributed by atoms with Crippen LogP contribution in [0.25, 0.3) is 6.08 Å². The van der Waals surface area contributed by atoms with E-state index in [1.165, 1.54) is 11.8 Å². The van der Waals surface area contributed by atoms with Gasteiger partial charge < -0.3 is 14.2 Å². The highest BCUT2D eigenvalue weighted by molar-refractivity contribution is 9.10. The molecule has 0 spiro atoms. The summed E-state index contributed by atoms with van der Waals surface area (Å²) < 4.78 is 18.4. The van der Waals surface area contributed by atoms with Crippen molar-refractivity contribution in [2.24, 2.45) is 0 Å². The van der Waals surface area contributed by atoms with Crippen LogP contribution in [-0.4, -0.2) is 30.6 Å². The van der Waals surface area contributed by atoms with Crippen LogP contribution in [0.15, 0.2) is 82.2 Å². The quantitative estimate of drug-likeness (QED) is 0.189. The highest BCUT2D eigenvalue weighted by atomic mass is 79.9. The van der Waals surface area contributed by atoms with E-state index in [2.05, 4.69) is 15.9 Å². The van der Waals surface area contributed by atoms with Gasteiger partial charge in [0.1, 0.15) is 19.0 Å². The van der Waals surface area contributed by atoms with Crippen molar-refractivity contribution in [3.63, 3.8) is 0 Å². The van der Waals surface area contributed by atoms with Gasteiger partial charge in [0.25, 0.3) is 5.91 Å². The third-order valence-electron chi connectivity index (χ3n) is 4.73. The van der Waals surface area contributed by atoms with Gasteiger partial charge in [0.15, 0.2) is 15.8 Å². The lowest BCUT2D eigenvalue weighted by atomic mass is 10.2. The maximum atomic E-state index is 13.1. The minimum Gasteiger partial charge on any atom is -0.493 e. The Hall–Kier alpha value is -2.81. The zero-order valence-corrected chi connectivity index (χ0v) is 20.9. The molecule has 33 heavy (non-hydrogen) atoms. The number of nitrogens with zero attached hydrogens (tertiary/aromatic N) is 1. The Kier molecular flexibility index (Phi) is 7.69. The lowest BCUT2D eigenvalue weighted by Crippen LogP contribution is -2.27. The number of thiocarbonyl (C=S) groups is 1. The molecule has 1 amide bonds. The molecule has 1 heterocycles. The van der Waals surface area contributed by atoms with Gasteiger partial charge in [0.2, 0.25) is 0 Å². The van der Waals surface area contributed by atoms with E-state index < -0.39 is 0 Å². The van der Waals surface area contributed by atoms with Crippen LogP contribution < -0.4 is 19.1 Å². The SMILES string of the molecule is COc1ccccc1OCCOc1ccc(Br)cc1/C=C1\SC(=S)N(c2ccccc2)C1=O. The van der Waals surface area contributed by atoms with Gasteiger partial charge in [0, 0.05) is 10.0 Å². The minimum absolute atomic E-state index is 0.151. The Balaban J connectivity index is 1.47. The lowest BCUT2D eigenvalue weighted by Gasteiger charge is -2.14. The van der Waals surface area contributed by atoms with Crippen molar-refractivity contribution >= 4 is 61.9 Å². The monoisotopic (exact) mass is 541 g/mol. The number of carbonyl (C=O) groups excluding carboxylic acids is 1. The second-order valence-corrected chi connectivity index (χ2v) is 9.47. The zero-order valence-electron chi connectivity index (χ0n) is 17.7. The summed E-state index contributed by atoms with van der Waals surface area (Å²) in [4.78, 5) is 15.1. The first-order valence-electron chi connectivity index (χ1n) is 10.1. The number of anilines is 1. The summed E-state index contributed by atoms with van der Waals surface area (Å²) in [7, 11) is 1.60. The Morgan fingerprint density at radius 1 is 0.939 bits per heavy atom. The summed E-state index contributed by atoms with van der Waals surface area (Å²) in [6, 6.07) is 22.5. The molecule has 0 N–H and O–H groups in total. The van der Waals surface area contributed by atoms with Crippen molar-refractivity contribution in [2.75, 3.05) is 25.2 Å². The summed E-state index contributed by atoms with van der Waals surface area (Å²) in [5.41, 5.74) is 1.53. The van der Waals surface area contributed by atoms with Crippen molar-refractivity contribution in [2.45, 2.75) is 0 Å². The molecule has 1 aliphatic rings. The number of methoxy groups -OCH3 is 1. The Morgan fingerprint density at radius 2 is 1.61 bits per heavy atom. The molecule has 1 fully saturated rings. The number of thioether (sulfide) groups is 1. The molecule has 8 heteroatoms. The van der Waals surface area contributed by atoms with Gasteiger partial charge in [-0.3, -0.25) is 9.69 Å². The fourth-order valence-electron chi connectivity index (χ4n) is 3.21. The highest BCUT2D eigenvalue weighted by Gasteiger charge is 2.33. The van der Waals surface area contributed by atoms with Crippen LogP contribution in [0.5, 0.6) is 17.2 Å². The highest BCUT2D eigenvalue weighted by Crippen LogP contribution is 2.37. The van der Waals surface area contributed by atoms with Gasteiger partial charge in [-0.2, -0.15) is 0 Å². The summed E-state index contributed by atoms with van der Waals surface area (Å²) in [5, 5.41) is 0. The third-order valence-corrected chi connectivity index (χ3v) is 6.53. The number of hydrogen-bond acceptors (Lipinski definition) is 6. The average Bonchev–Trinajstić information content (AvgIpc) is 3.11. The topological polar surface area (TPSA) is 48.0 Å². The normalized spacial score (nSPS) is 14.6. The van der Waals surface area contributed by atoms with Crippen LogP contribution in [0.1, 0.15) is 5.56 Å². The van der Waals surface area contributed by atoms with E-state index in [1.807, 2.05) is 78.9 Å². The van der Waals surface area contributed by atoms with Crippen LogP contribution in [0.4, 0.5) is 5.69 Å². The fourth-order valence-corrected chi connectivity index (χ4v) is 4.88. The van der Waals surface area contributed by atoms with Crippen molar-refractivity contribution in [1.82, 2.24) is 0 Å². The van der Waals surface area contributed by atoms with Crippen LogP contribution >= 0.6 is 39.9 Å². The molecule has 168 valence electrons.